The number of ether oxygens (including phenoxy) is 7. The molecular weight excluding hydrogens is 877 g/mol. The van der Waals surface area contributed by atoms with Gasteiger partial charge < -0.3 is 48.2 Å². The summed E-state index contributed by atoms with van der Waals surface area (Å²) in [4.78, 5) is 22.4. The van der Waals surface area contributed by atoms with E-state index in [-0.39, 0.29) is 70.5 Å². The number of unbranched alkanes of at least 4 members (excludes halogenated alkanes) is 2. The molecule has 2 heterocycles. The fraction of sp³-hybridized carbons (Fsp3) is 0.393. The zero-order valence-corrected chi connectivity index (χ0v) is 39.2. The van der Waals surface area contributed by atoms with Crippen molar-refractivity contribution in [2.75, 3.05) is 46.9 Å². The normalized spacial score (nSPS) is 22.5. The lowest BCUT2D eigenvalue weighted by Crippen LogP contribution is -2.70. The van der Waals surface area contributed by atoms with E-state index >= 15 is 4.79 Å². The second-order valence-electron chi connectivity index (χ2n) is 18.0. The Morgan fingerprint density at radius 3 is 2.39 bits per heavy atom. The summed E-state index contributed by atoms with van der Waals surface area (Å²) in [7, 11) is 1.53. The summed E-state index contributed by atoms with van der Waals surface area (Å²) in [6.07, 6.45) is 8.14. The van der Waals surface area contributed by atoms with Gasteiger partial charge in [-0.1, -0.05) is 96.9 Å². The molecular formula is C56H62N2O11. The van der Waals surface area contributed by atoms with E-state index in [2.05, 4.69) is 36.9 Å². The van der Waals surface area contributed by atoms with E-state index in [4.69, 9.17) is 43.2 Å². The Bertz CT molecular complexity index is 2620. The average molecular weight is 939 g/mol. The van der Waals surface area contributed by atoms with Crippen LogP contribution in [0.4, 0.5) is 4.79 Å². The fourth-order valence-corrected chi connectivity index (χ4v) is 10.8. The van der Waals surface area contributed by atoms with Crippen LogP contribution in [0.25, 0.3) is 10.8 Å². The number of oxime groups is 1. The number of hydrogen-bond acceptors (Lipinski definition) is 12. The Kier molecular flexibility index (Phi) is 15.5. The van der Waals surface area contributed by atoms with Crippen molar-refractivity contribution in [2.45, 2.75) is 75.8 Å². The van der Waals surface area contributed by atoms with Gasteiger partial charge in [0.05, 0.1) is 31.5 Å². The molecule has 362 valence electrons. The number of amides is 1. The first kappa shape index (κ1) is 47.7. The van der Waals surface area contributed by atoms with Crippen LogP contribution in [-0.2, 0) is 32.2 Å². The van der Waals surface area contributed by atoms with Crippen molar-refractivity contribution in [2.24, 2.45) is 22.9 Å². The summed E-state index contributed by atoms with van der Waals surface area (Å²) in [5, 5.41) is 27.0. The minimum atomic E-state index is -1.50. The van der Waals surface area contributed by atoms with E-state index in [1.807, 2.05) is 84.9 Å². The lowest BCUT2D eigenvalue weighted by atomic mass is 9.55. The molecule has 6 unspecified atom stereocenters. The standard InChI is InChI=1S/C56H62N2O11/c1-3-27-67-56-52(58(35-39-19-23-50-51(30-39)66-37-65-50)55(61)64-29-28-63-36-38-13-5-4-6-14-38)34-48(57-62-2)46-32-42(17-9-11-25-59)45(18-10-12-26-60)53(54(46)56)47-33-44(22-24-49(47)69-56)68-43-21-20-40-15-7-8-16-41(40)31-43/h3-8,13-16,19-24,30-33,42,45,52-54,59-60H,1,9-12,17-18,25-29,34-37H2,2H3. The molecule has 6 atom stereocenters. The topological polar surface area (TPSA) is 147 Å². The monoisotopic (exact) mass is 938 g/mol. The molecule has 0 radical (unpaired) electrons. The van der Waals surface area contributed by atoms with Crippen molar-refractivity contribution < 1.29 is 53.0 Å². The summed E-state index contributed by atoms with van der Waals surface area (Å²) in [5.74, 6) is 0.962. The van der Waals surface area contributed by atoms with Gasteiger partial charge in [0.1, 0.15) is 37.0 Å². The molecule has 0 bridgehead atoms. The Morgan fingerprint density at radius 1 is 0.826 bits per heavy atom. The molecule has 0 saturated heterocycles. The summed E-state index contributed by atoms with van der Waals surface area (Å²) in [5.41, 5.74) is 4.33. The Morgan fingerprint density at radius 2 is 1.58 bits per heavy atom. The largest absolute Gasteiger partial charge is 0.459 e. The Labute approximate surface area is 403 Å². The minimum absolute atomic E-state index is 0.00110. The molecule has 1 fully saturated rings. The molecule has 13 heteroatoms. The third-order valence-electron chi connectivity index (χ3n) is 13.8. The van der Waals surface area contributed by atoms with Crippen molar-refractivity contribution in [1.82, 2.24) is 4.90 Å². The van der Waals surface area contributed by atoms with Crippen molar-refractivity contribution in [3.05, 3.63) is 150 Å². The third kappa shape index (κ3) is 10.5. The van der Waals surface area contributed by atoms with Gasteiger partial charge in [0.25, 0.3) is 0 Å². The van der Waals surface area contributed by atoms with E-state index in [0.717, 1.165) is 58.7 Å². The van der Waals surface area contributed by atoms with Crippen LogP contribution < -0.4 is 18.9 Å². The minimum Gasteiger partial charge on any atom is -0.459 e. The summed E-state index contributed by atoms with van der Waals surface area (Å²) in [6, 6.07) is 34.9. The second kappa shape index (κ2) is 22.4. The van der Waals surface area contributed by atoms with Gasteiger partial charge >= 0.3 is 6.09 Å². The summed E-state index contributed by atoms with van der Waals surface area (Å²) >= 11 is 0. The van der Waals surface area contributed by atoms with Gasteiger partial charge in [-0.3, -0.25) is 4.90 Å². The third-order valence-corrected chi connectivity index (χ3v) is 13.8. The molecule has 69 heavy (non-hydrogen) atoms. The number of rotatable bonds is 22. The fourth-order valence-electron chi connectivity index (χ4n) is 10.8. The van der Waals surface area contributed by atoms with Crippen LogP contribution in [0.15, 0.2) is 139 Å². The van der Waals surface area contributed by atoms with Gasteiger partial charge in [-0.15, -0.1) is 6.58 Å². The first-order valence-electron chi connectivity index (χ1n) is 24.1. The van der Waals surface area contributed by atoms with Crippen LogP contribution in [-0.4, -0.2) is 85.7 Å². The van der Waals surface area contributed by atoms with Crippen LogP contribution in [0.3, 0.4) is 0 Å². The number of nitrogens with zero attached hydrogens (tertiary/aromatic N) is 2. The maximum absolute atomic E-state index is 15.0. The SMILES string of the molecule is C=CCOC12Oc3ccc(Oc4ccc5ccccc5c4)cc3C3C(CCCCO)C(CCCCO)C=C(C(=NOC)CC1N(Cc1ccc4c(c1)OCO4)C(=O)OCCOCc1ccccc1)C32. The smallest absolute Gasteiger partial charge is 0.410 e. The van der Waals surface area contributed by atoms with Gasteiger partial charge in [0, 0.05) is 37.7 Å². The van der Waals surface area contributed by atoms with Crippen molar-refractivity contribution >= 4 is 22.6 Å². The zero-order chi connectivity index (χ0) is 47.6. The molecule has 0 aromatic heterocycles. The first-order valence-corrected chi connectivity index (χ1v) is 24.1. The van der Waals surface area contributed by atoms with Crippen molar-refractivity contribution in [1.29, 1.82) is 0 Å². The first-order chi connectivity index (χ1) is 33.9. The van der Waals surface area contributed by atoms with Crippen LogP contribution in [0.5, 0.6) is 28.7 Å². The van der Waals surface area contributed by atoms with Gasteiger partial charge in [0.2, 0.25) is 12.6 Å². The molecule has 2 N–H and O–H groups in total. The lowest BCUT2D eigenvalue weighted by Gasteiger charge is -2.59. The molecule has 5 aromatic carbocycles. The van der Waals surface area contributed by atoms with Crippen LogP contribution in [0.1, 0.15) is 67.6 Å². The molecule has 2 aliphatic carbocycles. The molecule has 9 rings (SSSR count). The van der Waals surface area contributed by atoms with E-state index in [1.54, 1.807) is 11.0 Å². The predicted octanol–water partition coefficient (Wildman–Crippen LogP) is 10.5. The number of fused-ring (bicyclic) bond motifs is 4. The molecule has 4 aliphatic rings. The van der Waals surface area contributed by atoms with E-state index in [1.165, 1.54) is 7.11 Å². The average Bonchev–Trinajstić information content (AvgIpc) is 3.85. The number of benzene rings is 5. The van der Waals surface area contributed by atoms with E-state index < -0.39 is 23.8 Å². The number of carbonyl (C=O) groups is 1. The highest BCUT2D eigenvalue weighted by Crippen LogP contribution is 2.62. The summed E-state index contributed by atoms with van der Waals surface area (Å²) < 4.78 is 44.8. The quantitative estimate of drug-likeness (QED) is 0.0388. The van der Waals surface area contributed by atoms with Crippen molar-refractivity contribution in [3.8, 4) is 28.7 Å². The van der Waals surface area contributed by atoms with Gasteiger partial charge in [0.15, 0.2) is 11.5 Å². The number of hydrogen-bond donors (Lipinski definition) is 2. The van der Waals surface area contributed by atoms with Gasteiger partial charge in [-0.25, -0.2) is 4.79 Å². The Balaban J connectivity index is 1.16. The highest BCUT2D eigenvalue weighted by Gasteiger charge is 2.65. The number of aliphatic hydroxyl groups excluding tert-OH is 2. The van der Waals surface area contributed by atoms with Gasteiger partial charge in [-0.05, 0) is 107 Å². The van der Waals surface area contributed by atoms with Crippen LogP contribution in [0.2, 0.25) is 0 Å². The molecule has 1 amide bonds. The van der Waals surface area contributed by atoms with Crippen LogP contribution in [0, 0.1) is 17.8 Å². The zero-order valence-electron chi connectivity index (χ0n) is 39.2. The molecule has 13 nitrogen and oxygen atoms in total. The predicted molar refractivity (Wildman–Crippen MR) is 262 cm³/mol. The second-order valence-corrected chi connectivity index (χ2v) is 18.0. The molecule has 2 aliphatic heterocycles. The van der Waals surface area contributed by atoms with E-state index in [0.29, 0.717) is 53.9 Å². The number of allylic oxidation sites excluding steroid dienone is 1. The van der Waals surface area contributed by atoms with E-state index in [9.17, 15) is 10.2 Å². The highest BCUT2D eigenvalue weighted by atomic mass is 16.7. The molecule has 1 saturated carbocycles. The molecule has 5 aromatic rings. The van der Waals surface area contributed by atoms with Crippen molar-refractivity contribution in [3.63, 3.8) is 0 Å². The summed E-state index contributed by atoms with van der Waals surface area (Å²) in [6.45, 7) is 5.10. The molecule has 0 spiro atoms. The Hall–Kier alpha value is -6.38. The van der Waals surface area contributed by atoms with Gasteiger partial charge in [-0.2, -0.15) is 0 Å². The number of carbonyl (C=O) groups excluding carboxylic acids is 1. The van der Waals surface area contributed by atoms with Crippen LogP contribution >= 0.6 is 0 Å². The lowest BCUT2D eigenvalue weighted by molar-refractivity contribution is -0.256. The maximum atomic E-state index is 15.0. The highest BCUT2D eigenvalue weighted by molar-refractivity contribution is 6.03. The number of aliphatic hydroxyl groups is 2. The maximum Gasteiger partial charge on any atom is 0.410 e.